The minimum absolute atomic E-state index is 0.105. The van der Waals surface area contributed by atoms with E-state index in [1.807, 2.05) is 44.2 Å². The second-order valence-corrected chi connectivity index (χ2v) is 10.0. The first kappa shape index (κ1) is 23.9. The number of ether oxygens (including phenoxy) is 1. The first-order valence-electron chi connectivity index (χ1n) is 10.9. The number of anilines is 1. The number of sulfonamides is 1. The Hall–Kier alpha value is -2.71. The number of nitrogens with zero attached hydrogens (tertiary/aromatic N) is 2. The van der Waals surface area contributed by atoms with Crippen LogP contribution in [0.2, 0.25) is 0 Å². The molecule has 2 aromatic carbocycles. The molecule has 172 valence electrons. The van der Waals surface area contributed by atoms with Gasteiger partial charge in [-0.1, -0.05) is 31.0 Å². The second kappa shape index (κ2) is 10.7. The monoisotopic (exact) mass is 458 g/mol. The van der Waals surface area contributed by atoms with Gasteiger partial charge >= 0.3 is 5.97 Å². The van der Waals surface area contributed by atoms with E-state index in [9.17, 15) is 18.0 Å². The van der Waals surface area contributed by atoms with E-state index in [-0.39, 0.29) is 22.4 Å². The average molecular weight is 459 g/mol. The molecule has 1 heterocycles. The molecular formula is C24H30N2O5S. The summed E-state index contributed by atoms with van der Waals surface area (Å²) in [5.74, 6) is -1.01. The minimum Gasteiger partial charge on any atom is -0.452 e. The third-order valence-electron chi connectivity index (χ3n) is 5.44. The maximum absolute atomic E-state index is 12.9. The average Bonchev–Trinajstić information content (AvgIpc) is 3.08. The lowest BCUT2D eigenvalue weighted by Gasteiger charge is -2.26. The second-order valence-electron chi connectivity index (χ2n) is 8.11. The van der Waals surface area contributed by atoms with Crippen molar-refractivity contribution in [1.82, 2.24) is 4.31 Å². The van der Waals surface area contributed by atoms with Gasteiger partial charge in [0.2, 0.25) is 10.0 Å². The number of rotatable bonds is 7. The summed E-state index contributed by atoms with van der Waals surface area (Å²) in [7, 11) is -3.58. The van der Waals surface area contributed by atoms with Crippen LogP contribution in [0.5, 0.6) is 0 Å². The molecule has 0 radical (unpaired) electrons. The lowest BCUT2D eigenvalue weighted by molar-refractivity contribution is -0.122. The summed E-state index contributed by atoms with van der Waals surface area (Å²) < 4.78 is 32.5. The van der Waals surface area contributed by atoms with Crippen molar-refractivity contribution in [3.05, 3.63) is 60.2 Å². The van der Waals surface area contributed by atoms with Crippen LogP contribution in [0.3, 0.4) is 0 Å². The Morgan fingerprint density at radius 3 is 2.09 bits per heavy atom. The van der Waals surface area contributed by atoms with Crippen LogP contribution in [-0.4, -0.2) is 50.3 Å². The Morgan fingerprint density at radius 2 is 1.53 bits per heavy atom. The number of carbonyl (C=O) groups excluding carboxylic acids is 2. The number of esters is 1. The normalized spacial score (nSPS) is 15.2. The van der Waals surface area contributed by atoms with E-state index in [0.717, 1.165) is 31.4 Å². The summed E-state index contributed by atoms with van der Waals surface area (Å²) in [6.07, 6.45) is 3.78. The molecule has 0 aliphatic carbocycles. The zero-order valence-electron chi connectivity index (χ0n) is 18.6. The van der Waals surface area contributed by atoms with E-state index in [2.05, 4.69) is 0 Å². The van der Waals surface area contributed by atoms with Gasteiger partial charge in [-0.05, 0) is 63.1 Å². The van der Waals surface area contributed by atoms with Crippen LogP contribution >= 0.6 is 0 Å². The van der Waals surface area contributed by atoms with Gasteiger partial charge in [-0.2, -0.15) is 4.31 Å². The zero-order valence-corrected chi connectivity index (χ0v) is 19.4. The summed E-state index contributed by atoms with van der Waals surface area (Å²) >= 11 is 0. The van der Waals surface area contributed by atoms with E-state index >= 15 is 0 Å². The molecule has 0 unspecified atom stereocenters. The summed E-state index contributed by atoms with van der Waals surface area (Å²) in [5.41, 5.74) is 0.926. The van der Waals surface area contributed by atoms with Crippen LogP contribution in [-0.2, 0) is 19.6 Å². The standard InChI is InChI=1S/C24H30N2O5S/c1-19(2)26(21-10-6-5-7-11-21)23(27)18-31-24(28)20-12-14-22(15-13-20)32(29,30)25-16-8-3-4-9-17-25/h5-7,10-15,19H,3-4,8-9,16-18H2,1-2H3. The van der Waals surface area contributed by atoms with Gasteiger partial charge in [-0.25, -0.2) is 13.2 Å². The number of hydrogen-bond acceptors (Lipinski definition) is 5. The zero-order chi connectivity index (χ0) is 23.1. The maximum Gasteiger partial charge on any atom is 0.338 e. The number of carbonyl (C=O) groups is 2. The van der Waals surface area contributed by atoms with Crippen LogP contribution in [0.4, 0.5) is 5.69 Å². The highest BCUT2D eigenvalue weighted by atomic mass is 32.2. The predicted molar refractivity (Wildman–Crippen MR) is 123 cm³/mol. The Morgan fingerprint density at radius 1 is 0.938 bits per heavy atom. The molecule has 3 rings (SSSR count). The van der Waals surface area contributed by atoms with Crippen LogP contribution in [0.25, 0.3) is 0 Å². The largest absolute Gasteiger partial charge is 0.452 e. The molecular weight excluding hydrogens is 428 g/mol. The van der Waals surface area contributed by atoms with Gasteiger partial charge in [0.05, 0.1) is 10.5 Å². The summed E-state index contributed by atoms with van der Waals surface area (Å²) in [6, 6.07) is 14.8. The summed E-state index contributed by atoms with van der Waals surface area (Å²) in [6.45, 7) is 4.40. The molecule has 0 N–H and O–H groups in total. The van der Waals surface area contributed by atoms with Crippen molar-refractivity contribution in [2.45, 2.75) is 50.5 Å². The van der Waals surface area contributed by atoms with Gasteiger partial charge in [0, 0.05) is 24.8 Å². The molecule has 32 heavy (non-hydrogen) atoms. The van der Waals surface area contributed by atoms with Crippen LogP contribution < -0.4 is 4.90 Å². The highest BCUT2D eigenvalue weighted by Crippen LogP contribution is 2.21. The smallest absolute Gasteiger partial charge is 0.338 e. The molecule has 0 saturated carbocycles. The molecule has 0 aromatic heterocycles. The molecule has 0 spiro atoms. The van der Waals surface area contributed by atoms with Crippen molar-refractivity contribution in [2.75, 3.05) is 24.6 Å². The predicted octanol–water partition coefficient (Wildman–Crippen LogP) is 3.85. The number of benzene rings is 2. The third kappa shape index (κ3) is 5.75. The SMILES string of the molecule is CC(C)N(C(=O)COC(=O)c1ccc(S(=O)(=O)N2CCCCCC2)cc1)c1ccccc1. The lowest BCUT2D eigenvalue weighted by Crippen LogP contribution is -2.39. The Balaban J connectivity index is 1.64. The molecule has 2 aromatic rings. The van der Waals surface area contributed by atoms with Crippen molar-refractivity contribution < 1.29 is 22.7 Å². The highest BCUT2D eigenvalue weighted by Gasteiger charge is 2.26. The Labute approximate surface area is 190 Å². The van der Waals surface area contributed by atoms with Crippen molar-refractivity contribution in [1.29, 1.82) is 0 Å². The van der Waals surface area contributed by atoms with Crippen LogP contribution in [0, 0.1) is 0 Å². The first-order valence-corrected chi connectivity index (χ1v) is 12.4. The van der Waals surface area contributed by atoms with Gasteiger partial charge in [0.25, 0.3) is 5.91 Å². The van der Waals surface area contributed by atoms with Crippen LogP contribution in [0.15, 0.2) is 59.5 Å². The highest BCUT2D eigenvalue weighted by molar-refractivity contribution is 7.89. The van der Waals surface area contributed by atoms with Crippen molar-refractivity contribution >= 4 is 27.6 Å². The fourth-order valence-electron chi connectivity index (χ4n) is 3.79. The molecule has 8 heteroatoms. The molecule has 7 nitrogen and oxygen atoms in total. The summed E-state index contributed by atoms with van der Waals surface area (Å²) in [4.78, 5) is 26.8. The van der Waals surface area contributed by atoms with E-state index in [1.165, 1.54) is 28.6 Å². The van der Waals surface area contributed by atoms with Crippen molar-refractivity contribution in [3.63, 3.8) is 0 Å². The molecule has 1 amide bonds. The van der Waals surface area contributed by atoms with Crippen molar-refractivity contribution in [2.24, 2.45) is 0 Å². The van der Waals surface area contributed by atoms with Crippen LogP contribution in [0.1, 0.15) is 49.9 Å². The molecule has 0 bridgehead atoms. The molecule has 0 atom stereocenters. The fraction of sp³-hybridized carbons (Fsp3) is 0.417. The maximum atomic E-state index is 12.9. The van der Waals surface area contributed by atoms with Gasteiger partial charge in [0.15, 0.2) is 6.61 Å². The van der Waals surface area contributed by atoms with Crippen molar-refractivity contribution in [3.8, 4) is 0 Å². The van der Waals surface area contributed by atoms with Gasteiger partial charge in [-0.15, -0.1) is 0 Å². The Kier molecular flexibility index (Phi) is 8.04. The molecule has 1 saturated heterocycles. The van der Waals surface area contributed by atoms with E-state index in [4.69, 9.17) is 4.74 Å². The number of para-hydroxylation sites is 1. The first-order chi connectivity index (χ1) is 15.3. The van der Waals surface area contributed by atoms with Gasteiger partial charge in [0.1, 0.15) is 0 Å². The van der Waals surface area contributed by atoms with E-state index < -0.39 is 22.6 Å². The third-order valence-corrected chi connectivity index (χ3v) is 7.35. The number of hydrogen-bond donors (Lipinski definition) is 0. The topological polar surface area (TPSA) is 84.0 Å². The number of amides is 1. The van der Waals surface area contributed by atoms with E-state index in [1.54, 1.807) is 4.90 Å². The van der Waals surface area contributed by atoms with E-state index in [0.29, 0.717) is 13.1 Å². The summed E-state index contributed by atoms with van der Waals surface area (Å²) in [5, 5.41) is 0. The Bertz CT molecular complexity index is 1010. The quantitative estimate of drug-likeness (QED) is 0.589. The molecule has 1 aliphatic heterocycles. The fourth-order valence-corrected chi connectivity index (χ4v) is 5.31. The van der Waals surface area contributed by atoms with Gasteiger partial charge < -0.3 is 9.64 Å². The van der Waals surface area contributed by atoms with Gasteiger partial charge in [-0.3, -0.25) is 4.79 Å². The minimum atomic E-state index is -3.58. The lowest BCUT2D eigenvalue weighted by atomic mass is 10.2. The molecule has 1 fully saturated rings. The molecule has 1 aliphatic rings.